The van der Waals surface area contributed by atoms with Crippen molar-refractivity contribution in [2.75, 3.05) is 0 Å². The van der Waals surface area contributed by atoms with Gasteiger partial charge in [0, 0.05) is 5.39 Å². The number of aromatic hydroxyl groups is 1. The Bertz CT molecular complexity index is 599. The molecule has 1 aromatic carbocycles. The van der Waals surface area contributed by atoms with Crippen molar-refractivity contribution in [2.24, 2.45) is 0 Å². The summed E-state index contributed by atoms with van der Waals surface area (Å²) >= 11 is 0. The van der Waals surface area contributed by atoms with Gasteiger partial charge in [-0.2, -0.15) is 0 Å². The summed E-state index contributed by atoms with van der Waals surface area (Å²) in [4.78, 5) is 14.6. The molecule has 17 heavy (non-hydrogen) atoms. The minimum absolute atomic E-state index is 0.140. The number of pyridine rings is 1. The van der Waals surface area contributed by atoms with Crippen molar-refractivity contribution in [3.8, 4) is 5.75 Å². The highest BCUT2D eigenvalue weighted by Gasteiger charge is 2.11. The van der Waals surface area contributed by atoms with Crippen LogP contribution in [0.1, 0.15) is 30.9 Å². The van der Waals surface area contributed by atoms with Gasteiger partial charge in [0.2, 0.25) is 0 Å². The highest BCUT2D eigenvalue weighted by molar-refractivity contribution is 5.86. The van der Waals surface area contributed by atoms with Crippen LogP contribution in [0.15, 0.2) is 23.0 Å². The Morgan fingerprint density at radius 1 is 1.35 bits per heavy atom. The fraction of sp³-hybridized carbons (Fsp3) is 0.357. The Morgan fingerprint density at radius 2 is 2.12 bits per heavy atom. The molecule has 0 bridgehead atoms. The van der Waals surface area contributed by atoms with E-state index < -0.39 is 0 Å². The molecule has 0 fully saturated rings. The van der Waals surface area contributed by atoms with Crippen LogP contribution in [0, 0.1) is 6.92 Å². The first-order valence-electron chi connectivity index (χ1n) is 5.98. The molecule has 0 aliphatic heterocycles. The van der Waals surface area contributed by atoms with E-state index >= 15 is 0 Å². The van der Waals surface area contributed by atoms with Gasteiger partial charge in [-0.05, 0) is 31.9 Å². The number of unbranched alkanes of at least 4 members (excludes halogenated alkanes) is 1. The number of hydrogen-bond donors (Lipinski definition) is 2. The van der Waals surface area contributed by atoms with Crippen molar-refractivity contribution in [3.05, 3.63) is 39.7 Å². The lowest BCUT2D eigenvalue weighted by Crippen LogP contribution is -2.12. The lowest BCUT2D eigenvalue weighted by Gasteiger charge is -2.07. The van der Waals surface area contributed by atoms with Gasteiger partial charge in [-0.25, -0.2) is 0 Å². The number of fused-ring (bicyclic) bond motifs is 1. The lowest BCUT2D eigenvalue weighted by atomic mass is 10.0. The minimum atomic E-state index is -0.174. The van der Waals surface area contributed by atoms with Crippen molar-refractivity contribution in [1.82, 2.24) is 4.98 Å². The van der Waals surface area contributed by atoms with Gasteiger partial charge in [0.25, 0.3) is 5.56 Å². The molecule has 0 unspecified atom stereocenters. The topological polar surface area (TPSA) is 53.1 Å². The van der Waals surface area contributed by atoms with E-state index in [1.807, 2.05) is 25.1 Å². The average molecular weight is 231 g/mol. The Morgan fingerprint density at radius 3 is 2.82 bits per heavy atom. The second-order valence-electron chi connectivity index (χ2n) is 4.43. The molecule has 3 heteroatoms. The zero-order valence-electron chi connectivity index (χ0n) is 10.2. The Hall–Kier alpha value is -1.77. The number of nitrogens with one attached hydrogen (secondary N) is 1. The van der Waals surface area contributed by atoms with E-state index in [2.05, 4.69) is 11.9 Å². The van der Waals surface area contributed by atoms with Crippen LogP contribution < -0.4 is 5.56 Å². The largest absolute Gasteiger partial charge is 0.507 e. The molecule has 0 saturated carbocycles. The Labute approximate surface area is 100 Å². The second-order valence-corrected chi connectivity index (χ2v) is 4.43. The van der Waals surface area contributed by atoms with Crippen molar-refractivity contribution in [1.29, 1.82) is 0 Å². The normalized spacial score (nSPS) is 10.9. The molecule has 0 aliphatic carbocycles. The van der Waals surface area contributed by atoms with Crippen LogP contribution in [0.25, 0.3) is 10.9 Å². The highest BCUT2D eigenvalue weighted by Crippen LogP contribution is 2.26. The number of aryl methyl sites for hydroxylation is 1. The van der Waals surface area contributed by atoms with Crippen LogP contribution in [-0.2, 0) is 6.42 Å². The number of H-pyrrole nitrogens is 1. The van der Waals surface area contributed by atoms with Crippen molar-refractivity contribution < 1.29 is 5.11 Å². The number of hydrogen-bond acceptors (Lipinski definition) is 2. The van der Waals surface area contributed by atoms with Gasteiger partial charge in [0.15, 0.2) is 0 Å². The van der Waals surface area contributed by atoms with Gasteiger partial charge in [-0.15, -0.1) is 0 Å². The van der Waals surface area contributed by atoms with Gasteiger partial charge in [-0.1, -0.05) is 25.0 Å². The first kappa shape index (κ1) is 11.7. The number of rotatable bonds is 3. The van der Waals surface area contributed by atoms with Crippen LogP contribution in [0.2, 0.25) is 0 Å². The van der Waals surface area contributed by atoms with E-state index in [0.717, 1.165) is 23.8 Å². The van der Waals surface area contributed by atoms with Crippen LogP contribution >= 0.6 is 0 Å². The fourth-order valence-corrected chi connectivity index (χ4v) is 2.02. The predicted molar refractivity (Wildman–Crippen MR) is 69.6 cm³/mol. The van der Waals surface area contributed by atoms with E-state index in [1.54, 1.807) is 0 Å². The fourth-order valence-electron chi connectivity index (χ4n) is 2.02. The molecule has 1 aromatic heterocycles. The average Bonchev–Trinajstić information content (AvgIpc) is 2.30. The van der Waals surface area contributed by atoms with Crippen molar-refractivity contribution in [3.63, 3.8) is 0 Å². The van der Waals surface area contributed by atoms with E-state index in [1.165, 1.54) is 0 Å². The monoisotopic (exact) mass is 231 g/mol. The van der Waals surface area contributed by atoms with Crippen LogP contribution in [0.3, 0.4) is 0 Å². The van der Waals surface area contributed by atoms with E-state index in [9.17, 15) is 9.90 Å². The van der Waals surface area contributed by atoms with Crippen molar-refractivity contribution >= 4 is 10.9 Å². The molecule has 0 saturated heterocycles. The molecule has 0 aliphatic rings. The third kappa shape index (κ3) is 2.18. The van der Waals surface area contributed by atoms with E-state index in [4.69, 9.17) is 0 Å². The van der Waals surface area contributed by atoms with Crippen LogP contribution in [-0.4, -0.2) is 10.1 Å². The Kier molecular flexibility index (Phi) is 3.18. The van der Waals surface area contributed by atoms with Gasteiger partial charge in [0.05, 0.1) is 11.1 Å². The molecule has 2 N–H and O–H groups in total. The van der Waals surface area contributed by atoms with Gasteiger partial charge >= 0.3 is 0 Å². The summed E-state index contributed by atoms with van der Waals surface area (Å²) in [7, 11) is 0. The zero-order chi connectivity index (χ0) is 12.4. The predicted octanol–water partition coefficient (Wildman–Crippen LogP) is 2.88. The first-order chi connectivity index (χ1) is 8.13. The first-order valence-corrected chi connectivity index (χ1v) is 5.98. The van der Waals surface area contributed by atoms with Gasteiger partial charge in [-0.3, -0.25) is 4.79 Å². The van der Waals surface area contributed by atoms with E-state index in [-0.39, 0.29) is 11.3 Å². The van der Waals surface area contributed by atoms with Gasteiger partial charge in [0.1, 0.15) is 5.75 Å². The van der Waals surface area contributed by atoms with Crippen LogP contribution in [0.5, 0.6) is 5.75 Å². The smallest absolute Gasteiger partial charge is 0.255 e. The molecule has 0 amide bonds. The molecular formula is C14H17NO2. The summed E-state index contributed by atoms with van der Waals surface area (Å²) in [5.74, 6) is 0.140. The molecular weight excluding hydrogens is 214 g/mol. The molecule has 0 radical (unpaired) electrons. The Balaban J connectivity index is 2.65. The quantitative estimate of drug-likeness (QED) is 0.853. The molecule has 1 heterocycles. The molecule has 3 nitrogen and oxygen atoms in total. The minimum Gasteiger partial charge on any atom is -0.507 e. The molecule has 0 spiro atoms. The standard InChI is InChI=1S/C14H17NO2/c1-3-4-5-10-13(16)11-8-9(2)6-7-12(11)15-14(10)17/h6-8H,3-5H2,1-2H3,(H2,15,16,17). The molecule has 90 valence electrons. The molecule has 2 aromatic rings. The maximum atomic E-state index is 11.8. The zero-order valence-corrected chi connectivity index (χ0v) is 10.2. The summed E-state index contributed by atoms with van der Waals surface area (Å²) in [6.07, 6.45) is 2.54. The number of benzene rings is 1. The lowest BCUT2D eigenvalue weighted by molar-refractivity contribution is 0.471. The number of aromatic amines is 1. The summed E-state index contributed by atoms with van der Waals surface area (Å²) < 4.78 is 0. The highest BCUT2D eigenvalue weighted by atomic mass is 16.3. The number of aromatic nitrogens is 1. The van der Waals surface area contributed by atoms with E-state index in [0.29, 0.717) is 17.5 Å². The summed E-state index contributed by atoms with van der Waals surface area (Å²) in [5, 5.41) is 10.9. The summed E-state index contributed by atoms with van der Waals surface area (Å²) in [5.41, 5.74) is 2.09. The SMILES string of the molecule is CCCCc1c(O)c2cc(C)ccc2[nH]c1=O. The van der Waals surface area contributed by atoms with Crippen molar-refractivity contribution in [2.45, 2.75) is 33.1 Å². The van der Waals surface area contributed by atoms with Gasteiger partial charge < -0.3 is 10.1 Å². The molecule has 2 rings (SSSR count). The third-order valence-electron chi connectivity index (χ3n) is 3.02. The molecule has 0 atom stereocenters. The maximum Gasteiger partial charge on any atom is 0.255 e. The third-order valence-corrected chi connectivity index (χ3v) is 3.02. The maximum absolute atomic E-state index is 11.8. The second kappa shape index (κ2) is 4.62. The summed E-state index contributed by atoms with van der Waals surface area (Å²) in [6.45, 7) is 4.03. The van der Waals surface area contributed by atoms with Crippen LogP contribution in [0.4, 0.5) is 0 Å². The summed E-state index contributed by atoms with van der Waals surface area (Å²) in [6, 6.07) is 5.65.